The van der Waals surface area contributed by atoms with Crippen molar-refractivity contribution < 1.29 is 9.59 Å². The maximum atomic E-state index is 12.2. The number of nitrogens with zero attached hydrogens (tertiary/aromatic N) is 1. The van der Waals surface area contributed by atoms with E-state index in [1.807, 2.05) is 32.0 Å². The molecule has 1 aliphatic carbocycles. The Morgan fingerprint density at radius 1 is 1.36 bits per heavy atom. The molecule has 1 aromatic carbocycles. The molecule has 2 unspecified atom stereocenters. The fourth-order valence-corrected chi connectivity index (χ4v) is 2.71. The first kappa shape index (κ1) is 16.6. The molecule has 0 amide bonds. The first-order valence-corrected chi connectivity index (χ1v) is 8.16. The van der Waals surface area contributed by atoms with Crippen molar-refractivity contribution in [2.45, 2.75) is 53.4 Å². The highest BCUT2D eigenvalue weighted by molar-refractivity contribution is 6.11. The summed E-state index contributed by atoms with van der Waals surface area (Å²) < 4.78 is 0. The first-order chi connectivity index (χ1) is 10.4. The molecule has 0 N–H and O–H groups in total. The molecule has 3 nitrogen and oxygen atoms in total. The summed E-state index contributed by atoms with van der Waals surface area (Å²) in [5.41, 5.74) is 3.59. The fraction of sp³-hybridized carbons (Fsp3) is 0.526. The Bertz CT molecular complexity index is 616. The Balaban J connectivity index is 2.18. The number of benzene rings is 1. The average Bonchev–Trinajstić information content (AvgIpc) is 2.81. The van der Waals surface area contributed by atoms with E-state index in [9.17, 15) is 9.59 Å². The predicted octanol–water partition coefficient (Wildman–Crippen LogP) is 4.69. The highest BCUT2D eigenvalue weighted by atomic mass is 16.1. The van der Waals surface area contributed by atoms with E-state index in [0.29, 0.717) is 18.8 Å². The van der Waals surface area contributed by atoms with Crippen molar-refractivity contribution in [1.29, 1.82) is 0 Å². The second-order valence-electron chi connectivity index (χ2n) is 6.43. The lowest BCUT2D eigenvalue weighted by Crippen LogP contribution is -2.09. The van der Waals surface area contributed by atoms with Crippen molar-refractivity contribution >= 4 is 23.0 Å². The maximum Gasteiger partial charge on any atom is 0.163 e. The summed E-state index contributed by atoms with van der Waals surface area (Å²) in [4.78, 5) is 28.5. The molecule has 0 spiro atoms. The number of ketones is 2. The zero-order chi connectivity index (χ0) is 16.3. The third-order valence-corrected chi connectivity index (χ3v) is 4.62. The van der Waals surface area contributed by atoms with Crippen LogP contribution in [0.4, 0.5) is 5.69 Å². The molecule has 1 fully saturated rings. The number of aliphatic imine (C=N–C) groups is 1. The van der Waals surface area contributed by atoms with Crippen LogP contribution >= 0.6 is 0 Å². The van der Waals surface area contributed by atoms with Crippen molar-refractivity contribution in [2.75, 3.05) is 0 Å². The topological polar surface area (TPSA) is 46.5 Å². The van der Waals surface area contributed by atoms with E-state index in [1.54, 1.807) is 0 Å². The normalized spacial score (nSPS) is 21.4. The van der Waals surface area contributed by atoms with Crippen LogP contribution in [-0.2, 0) is 4.79 Å². The monoisotopic (exact) mass is 299 g/mol. The third-order valence-electron chi connectivity index (χ3n) is 4.62. The van der Waals surface area contributed by atoms with Gasteiger partial charge in [0.2, 0.25) is 0 Å². The molecule has 0 saturated heterocycles. The molecule has 118 valence electrons. The first-order valence-electron chi connectivity index (χ1n) is 8.16. The summed E-state index contributed by atoms with van der Waals surface area (Å²) >= 11 is 0. The Labute approximate surface area is 132 Å². The van der Waals surface area contributed by atoms with Gasteiger partial charge in [0, 0.05) is 24.1 Å². The average molecular weight is 299 g/mol. The predicted molar refractivity (Wildman–Crippen MR) is 90.1 cm³/mol. The summed E-state index contributed by atoms with van der Waals surface area (Å²) in [5, 5.41) is 0. The van der Waals surface area contributed by atoms with E-state index in [0.717, 1.165) is 35.4 Å². The quantitative estimate of drug-likeness (QED) is 0.741. The number of rotatable bonds is 5. The summed E-state index contributed by atoms with van der Waals surface area (Å²) in [7, 11) is 0. The summed E-state index contributed by atoms with van der Waals surface area (Å²) in [6.45, 7) is 8.10. The Morgan fingerprint density at radius 2 is 2.09 bits per heavy atom. The molecule has 2 rings (SSSR count). The van der Waals surface area contributed by atoms with Crippen LogP contribution < -0.4 is 0 Å². The van der Waals surface area contributed by atoms with Gasteiger partial charge in [-0.25, -0.2) is 0 Å². The van der Waals surface area contributed by atoms with Gasteiger partial charge in [0.15, 0.2) is 5.78 Å². The second-order valence-corrected chi connectivity index (χ2v) is 6.43. The van der Waals surface area contributed by atoms with Crippen molar-refractivity contribution in [3.8, 4) is 0 Å². The summed E-state index contributed by atoms with van der Waals surface area (Å²) in [6, 6.07) is 5.69. The Morgan fingerprint density at radius 3 is 2.64 bits per heavy atom. The van der Waals surface area contributed by atoms with Crippen molar-refractivity contribution in [2.24, 2.45) is 16.8 Å². The molecule has 1 saturated carbocycles. The molecular weight excluding hydrogens is 274 g/mol. The van der Waals surface area contributed by atoms with E-state index in [2.05, 4.69) is 18.8 Å². The molecule has 1 aromatic rings. The highest BCUT2D eigenvalue weighted by Crippen LogP contribution is 2.26. The van der Waals surface area contributed by atoms with Crippen LogP contribution in [0.15, 0.2) is 23.2 Å². The van der Waals surface area contributed by atoms with Gasteiger partial charge in [-0.15, -0.1) is 0 Å². The Kier molecular flexibility index (Phi) is 5.28. The number of carbonyl (C=O) groups excluding carboxylic acids is 2. The van der Waals surface area contributed by atoms with Crippen molar-refractivity contribution in [3.63, 3.8) is 0 Å². The molecule has 3 heteroatoms. The number of aryl methyl sites for hydroxylation is 1. The van der Waals surface area contributed by atoms with Crippen molar-refractivity contribution in [1.82, 2.24) is 0 Å². The largest absolute Gasteiger partial charge is 0.299 e. The fourth-order valence-electron chi connectivity index (χ4n) is 2.71. The summed E-state index contributed by atoms with van der Waals surface area (Å²) in [5.74, 6) is 0.821. The zero-order valence-corrected chi connectivity index (χ0v) is 14.0. The minimum Gasteiger partial charge on any atom is -0.299 e. The van der Waals surface area contributed by atoms with Gasteiger partial charge in [0.05, 0.1) is 11.6 Å². The lowest BCUT2D eigenvalue weighted by atomic mass is 9.96. The molecule has 22 heavy (non-hydrogen) atoms. The number of carbonyl (C=O) groups is 2. The zero-order valence-electron chi connectivity index (χ0n) is 14.0. The van der Waals surface area contributed by atoms with Crippen LogP contribution in [-0.4, -0.2) is 17.3 Å². The van der Waals surface area contributed by atoms with Crippen LogP contribution in [0, 0.1) is 18.8 Å². The van der Waals surface area contributed by atoms with Crippen LogP contribution in [0.5, 0.6) is 0 Å². The molecule has 1 aliphatic rings. The highest BCUT2D eigenvalue weighted by Gasteiger charge is 2.26. The second kappa shape index (κ2) is 6.99. The number of hydrogen-bond acceptors (Lipinski definition) is 3. The molecule has 0 radical (unpaired) electrons. The van der Waals surface area contributed by atoms with Crippen LogP contribution in [0.2, 0.25) is 0 Å². The molecule has 0 bridgehead atoms. The molecule has 2 atom stereocenters. The number of Topliss-reactive ketones (excluding diaryl/α,β-unsaturated/α-hetero) is 2. The standard InChI is InChI=1S/C19H25NO2/c1-5-12(2)10-19(22)15-6-7-16(13(3)11-15)20-17-8-9-18(21)14(17)4/h6-7,11-12,14H,5,8-10H2,1-4H3. The van der Waals surface area contributed by atoms with Gasteiger partial charge in [-0.1, -0.05) is 27.2 Å². The minimum absolute atomic E-state index is 0.0638. The van der Waals surface area contributed by atoms with Crippen LogP contribution in [0.3, 0.4) is 0 Å². The van der Waals surface area contributed by atoms with E-state index >= 15 is 0 Å². The van der Waals surface area contributed by atoms with Gasteiger partial charge >= 0.3 is 0 Å². The van der Waals surface area contributed by atoms with Gasteiger partial charge in [-0.3, -0.25) is 14.6 Å². The SMILES string of the molecule is CCC(C)CC(=O)c1ccc(N=C2CCC(=O)C2C)c(C)c1. The number of hydrogen-bond donors (Lipinski definition) is 0. The van der Waals surface area contributed by atoms with Crippen LogP contribution in [0.1, 0.15) is 62.4 Å². The maximum absolute atomic E-state index is 12.2. The summed E-state index contributed by atoms with van der Waals surface area (Å²) in [6.07, 6.45) is 2.97. The van der Waals surface area contributed by atoms with E-state index in [1.165, 1.54) is 0 Å². The minimum atomic E-state index is -0.0638. The van der Waals surface area contributed by atoms with Crippen molar-refractivity contribution in [3.05, 3.63) is 29.3 Å². The molecule has 0 aromatic heterocycles. The lowest BCUT2D eigenvalue weighted by molar-refractivity contribution is -0.119. The van der Waals surface area contributed by atoms with E-state index < -0.39 is 0 Å². The van der Waals surface area contributed by atoms with Gasteiger partial charge in [0.1, 0.15) is 5.78 Å². The van der Waals surface area contributed by atoms with E-state index in [4.69, 9.17) is 0 Å². The molecule has 0 heterocycles. The van der Waals surface area contributed by atoms with Crippen LogP contribution in [0.25, 0.3) is 0 Å². The molecular formula is C19H25NO2. The smallest absolute Gasteiger partial charge is 0.163 e. The molecule has 0 aliphatic heterocycles. The van der Waals surface area contributed by atoms with E-state index in [-0.39, 0.29) is 17.5 Å². The van der Waals surface area contributed by atoms with Gasteiger partial charge < -0.3 is 0 Å². The van der Waals surface area contributed by atoms with Gasteiger partial charge in [-0.05, 0) is 43.0 Å². The Hall–Kier alpha value is -1.77. The van der Waals surface area contributed by atoms with Gasteiger partial charge in [-0.2, -0.15) is 0 Å². The van der Waals surface area contributed by atoms with Gasteiger partial charge in [0.25, 0.3) is 0 Å². The third kappa shape index (κ3) is 3.70. The lowest BCUT2D eigenvalue weighted by Gasteiger charge is -2.09.